The molecule has 100 valence electrons. The summed E-state index contributed by atoms with van der Waals surface area (Å²) in [5.41, 5.74) is 9.29. The van der Waals surface area contributed by atoms with Gasteiger partial charge in [-0.3, -0.25) is 4.98 Å². The molecule has 3 aromatic rings. The van der Waals surface area contributed by atoms with Crippen LogP contribution in [0.4, 0.5) is 0 Å². The SMILES string of the molecule is NC(c1cc(Cl)ccc1Br)c1cccc2cccnc12. The first kappa shape index (κ1) is 13.6. The molecule has 3 rings (SSSR count). The number of nitrogens with two attached hydrogens (primary N) is 1. The minimum atomic E-state index is -0.276. The molecule has 0 fully saturated rings. The highest BCUT2D eigenvalue weighted by molar-refractivity contribution is 9.10. The van der Waals surface area contributed by atoms with Gasteiger partial charge in [-0.25, -0.2) is 0 Å². The second kappa shape index (κ2) is 5.52. The number of hydrogen-bond donors (Lipinski definition) is 1. The number of halogens is 2. The molecule has 20 heavy (non-hydrogen) atoms. The van der Waals surface area contributed by atoms with Gasteiger partial charge in [-0.05, 0) is 35.4 Å². The maximum atomic E-state index is 6.42. The van der Waals surface area contributed by atoms with E-state index in [0.717, 1.165) is 26.5 Å². The van der Waals surface area contributed by atoms with E-state index in [4.69, 9.17) is 17.3 Å². The predicted octanol–water partition coefficient (Wildman–Crippen LogP) is 4.70. The maximum Gasteiger partial charge on any atom is 0.0753 e. The fourth-order valence-corrected chi connectivity index (χ4v) is 2.97. The quantitative estimate of drug-likeness (QED) is 0.730. The van der Waals surface area contributed by atoms with Gasteiger partial charge in [-0.1, -0.05) is 51.8 Å². The van der Waals surface area contributed by atoms with Crippen molar-refractivity contribution in [2.45, 2.75) is 6.04 Å². The largest absolute Gasteiger partial charge is 0.320 e. The molecule has 0 aliphatic rings. The standard InChI is InChI=1S/C16H12BrClN2/c17-14-7-6-11(18)9-13(14)15(19)12-5-1-3-10-4-2-8-20-16(10)12/h1-9,15H,19H2. The van der Waals surface area contributed by atoms with Crippen molar-refractivity contribution in [3.05, 3.63) is 75.4 Å². The Balaban J connectivity index is 2.17. The van der Waals surface area contributed by atoms with Crippen LogP contribution in [-0.2, 0) is 0 Å². The molecule has 0 aliphatic carbocycles. The Kier molecular flexibility index (Phi) is 3.74. The molecule has 0 spiro atoms. The summed E-state index contributed by atoms with van der Waals surface area (Å²) in [6, 6.07) is 15.4. The van der Waals surface area contributed by atoms with E-state index >= 15 is 0 Å². The zero-order valence-electron chi connectivity index (χ0n) is 10.6. The van der Waals surface area contributed by atoms with Crippen molar-refractivity contribution in [2.24, 2.45) is 5.73 Å². The monoisotopic (exact) mass is 346 g/mol. The highest BCUT2D eigenvalue weighted by Crippen LogP contribution is 2.32. The summed E-state index contributed by atoms with van der Waals surface area (Å²) in [6.07, 6.45) is 1.78. The molecule has 0 aliphatic heterocycles. The lowest BCUT2D eigenvalue weighted by atomic mass is 9.97. The van der Waals surface area contributed by atoms with E-state index in [1.807, 2.05) is 48.5 Å². The van der Waals surface area contributed by atoms with Gasteiger partial charge < -0.3 is 5.73 Å². The summed E-state index contributed by atoms with van der Waals surface area (Å²) in [7, 11) is 0. The van der Waals surface area contributed by atoms with Gasteiger partial charge in [0.25, 0.3) is 0 Å². The Bertz CT molecular complexity index is 768. The van der Waals surface area contributed by atoms with Gasteiger partial charge in [0.05, 0.1) is 11.6 Å². The summed E-state index contributed by atoms with van der Waals surface area (Å²) in [4.78, 5) is 4.45. The van der Waals surface area contributed by atoms with Crippen LogP contribution in [0.2, 0.25) is 5.02 Å². The van der Waals surface area contributed by atoms with Crippen LogP contribution in [0.15, 0.2) is 59.2 Å². The number of aromatic nitrogens is 1. The van der Waals surface area contributed by atoms with Crippen molar-refractivity contribution in [3.63, 3.8) is 0 Å². The summed E-state index contributed by atoms with van der Waals surface area (Å²) < 4.78 is 0.947. The number of pyridine rings is 1. The Morgan fingerprint density at radius 1 is 1.05 bits per heavy atom. The van der Waals surface area contributed by atoms with Crippen LogP contribution in [-0.4, -0.2) is 4.98 Å². The highest BCUT2D eigenvalue weighted by Gasteiger charge is 2.15. The van der Waals surface area contributed by atoms with Crippen molar-refractivity contribution < 1.29 is 0 Å². The molecule has 2 aromatic carbocycles. The molecule has 2 N–H and O–H groups in total. The number of rotatable bonds is 2. The average molecular weight is 348 g/mol. The zero-order chi connectivity index (χ0) is 14.1. The second-order valence-electron chi connectivity index (χ2n) is 4.57. The molecule has 1 aromatic heterocycles. The third kappa shape index (κ3) is 2.44. The zero-order valence-corrected chi connectivity index (χ0v) is 12.9. The van der Waals surface area contributed by atoms with Crippen LogP contribution in [0.5, 0.6) is 0 Å². The average Bonchev–Trinajstić information content (AvgIpc) is 2.48. The van der Waals surface area contributed by atoms with Crippen LogP contribution in [0.3, 0.4) is 0 Å². The molecule has 0 saturated carbocycles. The van der Waals surface area contributed by atoms with Gasteiger partial charge in [0.2, 0.25) is 0 Å². The van der Waals surface area contributed by atoms with E-state index in [0.29, 0.717) is 5.02 Å². The number of nitrogens with zero attached hydrogens (tertiary/aromatic N) is 1. The molecule has 1 heterocycles. The number of para-hydroxylation sites is 1. The highest BCUT2D eigenvalue weighted by atomic mass is 79.9. The summed E-state index contributed by atoms with van der Waals surface area (Å²) >= 11 is 9.61. The maximum absolute atomic E-state index is 6.42. The Labute approximate surface area is 130 Å². The molecule has 1 unspecified atom stereocenters. The van der Waals surface area contributed by atoms with Crippen LogP contribution in [0.1, 0.15) is 17.2 Å². The van der Waals surface area contributed by atoms with Gasteiger partial charge in [0.1, 0.15) is 0 Å². The molecule has 0 saturated heterocycles. The van der Waals surface area contributed by atoms with Gasteiger partial charge in [0.15, 0.2) is 0 Å². The van der Waals surface area contributed by atoms with Crippen molar-refractivity contribution in [2.75, 3.05) is 0 Å². The van der Waals surface area contributed by atoms with E-state index in [1.165, 1.54) is 0 Å². The van der Waals surface area contributed by atoms with E-state index in [9.17, 15) is 0 Å². The molecule has 0 bridgehead atoms. The molecule has 0 amide bonds. The van der Waals surface area contributed by atoms with Gasteiger partial charge in [-0.2, -0.15) is 0 Å². The first-order valence-electron chi connectivity index (χ1n) is 6.21. The molecule has 0 radical (unpaired) electrons. The van der Waals surface area contributed by atoms with Gasteiger partial charge in [0, 0.05) is 21.1 Å². The van der Waals surface area contributed by atoms with Crippen molar-refractivity contribution in [1.82, 2.24) is 4.98 Å². The molecular weight excluding hydrogens is 336 g/mol. The topological polar surface area (TPSA) is 38.9 Å². The van der Waals surface area contributed by atoms with Crippen molar-refractivity contribution in [3.8, 4) is 0 Å². The lowest BCUT2D eigenvalue weighted by molar-refractivity contribution is 0.871. The van der Waals surface area contributed by atoms with E-state index in [1.54, 1.807) is 6.20 Å². The van der Waals surface area contributed by atoms with Crippen LogP contribution >= 0.6 is 27.5 Å². The fraction of sp³-hybridized carbons (Fsp3) is 0.0625. The number of fused-ring (bicyclic) bond motifs is 1. The lowest BCUT2D eigenvalue weighted by Crippen LogP contribution is -2.13. The summed E-state index contributed by atoms with van der Waals surface area (Å²) in [5, 5.41) is 1.76. The lowest BCUT2D eigenvalue weighted by Gasteiger charge is -2.16. The van der Waals surface area contributed by atoms with Crippen LogP contribution in [0, 0.1) is 0 Å². The molecule has 2 nitrogen and oxygen atoms in total. The first-order valence-corrected chi connectivity index (χ1v) is 7.38. The summed E-state index contributed by atoms with van der Waals surface area (Å²) in [6.45, 7) is 0. The van der Waals surface area contributed by atoms with Crippen molar-refractivity contribution in [1.29, 1.82) is 0 Å². The fourth-order valence-electron chi connectivity index (χ4n) is 2.30. The number of hydrogen-bond acceptors (Lipinski definition) is 2. The Morgan fingerprint density at radius 3 is 2.70 bits per heavy atom. The van der Waals surface area contributed by atoms with Crippen molar-refractivity contribution >= 4 is 38.4 Å². The smallest absolute Gasteiger partial charge is 0.0753 e. The molecule has 1 atom stereocenters. The number of benzene rings is 2. The molecule has 4 heteroatoms. The third-order valence-corrected chi connectivity index (χ3v) is 4.25. The minimum Gasteiger partial charge on any atom is -0.320 e. The van der Waals surface area contributed by atoms with E-state index in [-0.39, 0.29) is 6.04 Å². The van der Waals surface area contributed by atoms with Gasteiger partial charge >= 0.3 is 0 Å². The Hall–Kier alpha value is -1.42. The Morgan fingerprint density at radius 2 is 1.85 bits per heavy atom. The normalized spacial score (nSPS) is 12.6. The summed E-state index contributed by atoms with van der Waals surface area (Å²) in [5.74, 6) is 0. The minimum absolute atomic E-state index is 0.276. The van der Waals surface area contributed by atoms with Crippen LogP contribution < -0.4 is 5.73 Å². The first-order chi connectivity index (χ1) is 9.66. The van der Waals surface area contributed by atoms with E-state index < -0.39 is 0 Å². The van der Waals surface area contributed by atoms with Crippen LogP contribution in [0.25, 0.3) is 10.9 Å². The third-order valence-electron chi connectivity index (χ3n) is 3.29. The second-order valence-corrected chi connectivity index (χ2v) is 5.86. The van der Waals surface area contributed by atoms with Gasteiger partial charge in [-0.15, -0.1) is 0 Å². The van der Waals surface area contributed by atoms with E-state index in [2.05, 4.69) is 20.9 Å². The molecular formula is C16H12BrClN2. The predicted molar refractivity (Wildman–Crippen MR) is 86.9 cm³/mol.